The Morgan fingerprint density at radius 1 is 1.53 bits per heavy atom. The van der Waals surface area contributed by atoms with E-state index in [4.69, 9.17) is 9.47 Å². The molecule has 0 aromatic heterocycles. The zero-order valence-corrected chi connectivity index (χ0v) is 10.2. The topological polar surface area (TPSA) is 18.5 Å². The molecule has 1 fully saturated rings. The average Bonchev–Trinajstić information content (AvgIpc) is 2.18. The second kappa shape index (κ2) is 7.24. The van der Waals surface area contributed by atoms with Crippen molar-refractivity contribution in [1.29, 1.82) is 0 Å². The van der Waals surface area contributed by atoms with Gasteiger partial charge < -0.3 is 9.47 Å². The molecular formula is C13H25O2. The van der Waals surface area contributed by atoms with Crippen molar-refractivity contribution in [2.45, 2.75) is 52.2 Å². The van der Waals surface area contributed by atoms with Gasteiger partial charge in [-0.05, 0) is 31.1 Å². The van der Waals surface area contributed by atoms with E-state index in [1.54, 1.807) is 0 Å². The van der Waals surface area contributed by atoms with Gasteiger partial charge in [0.05, 0.1) is 0 Å². The first kappa shape index (κ1) is 13.0. The van der Waals surface area contributed by atoms with Crippen LogP contribution in [0.1, 0.15) is 46.0 Å². The minimum Gasteiger partial charge on any atom is -0.353 e. The van der Waals surface area contributed by atoms with Gasteiger partial charge in [0.2, 0.25) is 0 Å². The van der Waals surface area contributed by atoms with Crippen LogP contribution < -0.4 is 0 Å². The summed E-state index contributed by atoms with van der Waals surface area (Å²) < 4.78 is 11.3. The summed E-state index contributed by atoms with van der Waals surface area (Å²) in [5, 5.41) is 0. The van der Waals surface area contributed by atoms with Gasteiger partial charge in [-0.25, -0.2) is 0 Å². The van der Waals surface area contributed by atoms with Crippen LogP contribution in [0.3, 0.4) is 0 Å². The number of unbranched alkanes of at least 4 members (excludes halogenated alkanes) is 1. The van der Waals surface area contributed by atoms with Crippen LogP contribution in [0.25, 0.3) is 0 Å². The quantitative estimate of drug-likeness (QED) is 0.629. The maximum absolute atomic E-state index is 5.69. The molecule has 3 atom stereocenters. The van der Waals surface area contributed by atoms with Crippen molar-refractivity contribution in [3.63, 3.8) is 0 Å². The first-order valence-corrected chi connectivity index (χ1v) is 6.28. The van der Waals surface area contributed by atoms with E-state index < -0.39 is 0 Å². The van der Waals surface area contributed by atoms with Gasteiger partial charge >= 0.3 is 0 Å². The van der Waals surface area contributed by atoms with Crippen LogP contribution in [0.15, 0.2) is 0 Å². The van der Waals surface area contributed by atoms with E-state index in [-0.39, 0.29) is 6.29 Å². The molecule has 1 heterocycles. The Kier molecular flexibility index (Phi) is 6.26. The molecule has 0 N–H and O–H groups in total. The molecule has 0 aliphatic carbocycles. The summed E-state index contributed by atoms with van der Waals surface area (Å²) in [6, 6.07) is 0. The smallest absolute Gasteiger partial charge is 0.157 e. The largest absolute Gasteiger partial charge is 0.353 e. The molecule has 0 amide bonds. The van der Waals surface area contributed by atoms with E-state index in [2.05, 4.69) is 20.8 Å². The summed E-state index contributed by atoms with van der Waals surface area (Å²) in [6.45, 7) is 10.1. The zero-order chi connectivity index (χ0) is 11.1. The predicted octanol–water partition coefficient (Wildman–Crippen LogP) is 3.42. The minimum absolute atomic E-state index is 0.0500. The Balaban J connectivity index is 2.17. The number of hydrogen-bond acceptors (Lipinski definition) is 2. The third-order valence-corrected chi connectivity index (χ3v) is 2.89. The molecule has 1 rings (SSSR count). The Hall–Kier alpha value is -0.0800. The maximum Gasteiger partial charge on any atom is 0.157 e. The molecule has 1 saturated heterocycles. The highest BCUT2D eigenvalue weighted by atomic mass is 16.7. The number of ether oxygens (including phenoxy) is 2. The van der Waals surface area contributed by atoms with Gasteiger partial charge in [-0.1, -0.05) is 27.2 Å². The van der Waals surface area contributed by atoms with Gasteiger partial charge in [0.25, 0.3) is 0 Å². The number of hydrogen-bond donors (Lipinski definition) is 0. The lowest BCUT2D eigenvalue weighted by Gasteiger charge is -2.30. The lowest BCUT2D eigenvalue weighted by atomic mass is 9.90. The molecule has 15 heavy (non-hydrogen) atoms. The lowest BCUT2D eigenvalue weighted by molar-refractivity contribution is -0.175. The Morgan fingerprint density at radius 2 is 2.33 bits per heavy atom. The summed E-state index contributed by atoms with van der Waals surface area (Å²) >= 11 is 0. The molecule has 2 nitrogen and oxygen atoms in total. The molecular weight excluding hydrogens is 188 g/mol. The van der Waals surface area contributed by atoms with Crippen molar-refractivity contribution < 1.29 is 9.47 Å². The fraction of sp³-hybridized carbons (Fsp3) is 0.923. The first-order valence-electron chi connectivity index (χ1n) is 6.28. The van der Waals surface area contributed by atoms with Crippen LogP contribution in [0.5, 0.6) is 0 Å². The van der Waals surface area contributed by atoms with Gasteiger partial charge in [0.1, 0.15) is 0 Å². The molecule has 89 valence electrons. The normalized spacial score (nSPS) is 27.2. The molecule has 0 saturated carbocycles. The molecule has 0 aromatic carbocycles. The predicted molar refractivity (Wildman–Crippen MR) is 62.5 cm³/mol. The fourth-order valence-corrected chi connectivity index (χ4v) is 2.08. The van der Waals surface area contributed by atoms with Crippen molar-refractivity contribution in [3.8, 4) is 0 Å². The molecule has 2 heteroatoms. The van der Waals surface area contributed by atoms with Crippen molar-refractivity contribution in [2.24, 2.45) is 11.8 Å². The van der Waals surface area contributed by atoms with Crippen molar-refractivity contribution in [3.05, 3.63) is 6.92 Å². The first-order chi connectivity index (χ1) is 7.22. The van der Waals surface area contributed by atoms with Crippen molar-refractivity contribution in [1.82, 2.24) is 0 Å². The van der Waals surface area contributed by atoms with Gasteiger partial charge in [-0.15, -0.1) is 0 Å². The molecule has 1 aliphatic rings. The van der Waals surface area contributed by atoms with E-state index in [1.165, 1.54) is 19.3 Å². The Bertz CT molecular complexity index is 157. The molecule has 1 aliphatic heterocycles. The summed E-state index contributed by atoms with van der Waals surface area (Å²) in [5.74, 6) is 1.29. The Morgan fingerprint density at radius 3 is 3.00 bits per heavy atom. The van der Waals surface area contributed by atoms with Gasteiger partial charge in [-0.2, -0.15) is 0 Å². The van der Waals surface area contributed by atoms with Gasteiger partial charge in [0.15, 0.2) is 6.29 Å². The van der Waals surface area contributed by atoms with E-state index in [9.17, 15) is 0 Å². The monoisotopic (exact) mass is 213 g/mol. The highest BCUT2D eigenvalue weighted by molar-refractivity contribution is 4.70. The number of rotatable bonds is 6. The summed E-state index contributed by atoms with van der Waals surface area (Å²) in [5.41, 5.74) is 0. The molecule has 0 spiro atoms. The third kappa shape index (κ3) is 5.53. The second-order valence-electron chi connectivity index (χ2n) is 4.76. The van der Waals surface area contributed by atoms with Crippen molar-refractivity contribution >= 4 is 0 Å². The van der Waals surface area contributed by atoms with E-state index in [0.717, 1.165) is 32.0 Å². The van der Waals surface area contributed by atoms with Crippen LogP contribution in [-0.2, 0) is 9.47 Å². The Labute approximate surface area is 94.3 Å². The molecule has 3 unspecified atom stereocenters. The molecule has 0 bridgehead atoms. The highest BCUT2D eigenvalue weighted by Gasteiger charge is 2.23. The standard InChI is InChI=1S/C13H25O2/c1-4-5-7-14-13-10-12(6-8-15-13)9-11(2)3/h11-13H,2,4-10H2,1,3H3. The minimum atomic E-state index is 0.0500. The second-order valence-corrected chi connectivity index (χ2v) is 4.76. The fourth-order valence-electron chi connectivity index (χ4n) is 2.08. The van der Waals surface area contributed by atoms with E-state index in [0.29, 0.717) is 5.92 Å². The zero-order valence-electron chi connectivity index (χ0n) is 10.2. The van der Waals surface area contributed by atoms with Gasteiger partial charge in [-0.3, -0.25) is 0 Å². The lowest BCUT2D eigenvalue weighted by Crippen LogP contribution is -2.29. The highest BCUT2D eigenvalue weighted by Crippen LogP contribution is 2.26. The van der Waals surface area contributed by atoms with Crippen LogP contribution in [0.4, 0.5) is 0 Å². The molecule has 1 radical (unpaired) electrons. The third-order valence-electron chi connectivity index (χ3n) is 2.89. The van der Waals surface area contributed by atoms with Crippen molar-refractivity contribution in [2.75, 3.05) is 13.2 Å². The maximum atomic E-state index is 5.69. The van der Waals surface area contributed by atoms with E-state index >= 15 is 0 Å². The van der Waals surface area contributed by atoms with Gasteiger partial charge in [0, 0.05) is 19.6 Å². The average molecular weight is 213 g/mol. The SMILES string of the molecule is [CH2]C(C)CC1CCOC(OCCCC)C1. The van der Waals surface area contributed by atoms with Crippen LogP contribution >= 0.6 is 0 Å². The van der Waals surface area contributed by atoms with Crippen LogP contribution in [0, 0.1) is 18.8 Å². The molecule has 0 aromatic rings. The van der Waals surface area contributed by atoms with E-state index in [1.807, 2.05) is 0 Å². The van der Waals surface area contributed by atoms with Crippen LogP contribution in [0.2, 0.25) is 0 Å². The summed E-state index contributed by atoms with van der Waals surface area (Å²) in [4.78, 5) is 0. The summed E-state index contributed by atoms with van der Waals surface area (Å²) in [6.07, 6.45) is 5.81. The van der Waals surface area contributed by atoms with Crippen LogP contribution in [-0.4, -0.2) is 19.5 Å². The summed E-state index contributed by atoms with van der Waals surface area (Å²) in [7, 11) is 0.